The van der Waals surface area contributed by atoms with Gasteiger partial charge in [0.05, 0.1) is 15.1 Å². The Morgan fingerprint density at radius 2 is 2.38 bits per heavy atom. The topological polar surface area (TPSA) is 40.5 Å². The van der Waals surface area contributed by atoms with Gasteiger partial charge >= 0.3 is 0 Å². The molecule has 1 heterocycles. The van der Waals surface area contributed by atoms with E-state index in [1.807, 2.05) is 16.3 Å². The predicted octanol–water partition coefficient (Wildman–Crippen LogP) is 2.34. The van der Waals surface area contributed by atoms with E-state index in [-0.39, 0.29) is 12.5 Å². The second-order valence-electron chi connectivity index (χ2n) is 3.95. The van der Waals surface area contributed by atoms with Crippen LogP contribution in [0.2, 0.25) is 0 Å². The second kappa shape index (κ2) is 5.46. The minimum absolute atomic E-state index is 0.0451. The molecular weight excluding hydrogens is 337 g/mol. The monoisotopic (exact) mass is 351 g/mol. The zero-order valence-corrected chi connectivity index (χ0v) is 11.8. The van der Waals surface area contributed by atoms with Gasteiger partial charge in [-0.15, -0.1) is 11.3 Å². The van der Waals surface area contributed by atoms with E-state index in [9.17, 15) is 4.79 Å². The SMILES string of the molecule is O=C(c1csc(I)c1)N(CCO)C1CCC1. The van der Waals surface area contributed by atoms with Crippen LogP contribution in [0.15, 0.2) is 11.4 Å². The molecular formula is C11H14INO2S. The number of hydrogen-bond acceptors (Lipinski definition) is 3. The highest BCUT2D eigenvalue weighted by atomic mass is 127. The predicted molar refractivity (Wildman–Crippen MR) is 72.8 cm³/mol. The summed E-state index contributed by atoms with van der Waals surface area (Å²) in [7, 11) is 0. The lowest BCUT2D eigenvalue weighted by Gasteiger charge is -2.37. The maximum absolute atomic E-state index is 12.2. The average molecular weight is 351 g/mol. The van der Waals surface area contributed by atoms with Crippen LogP contribution >= 0.6 is 33.9 Å². The average Bonchev–Trinajstić information content (AvgIpc) is 2.60. The maximum Gasteiger partial charge on any atom is 0.255 e. The van der Waals surface area contributed by atoms with Crippen molar-refractivity contribution in [2.45, 2.75) is 25.3 Å². The molecule has 2 rings (SSSR count). The minimum atomic E-state index is 0.0451. The third kappa shape index (κ3) is 2.57. The largest absolute Gasteiger partial charge is 0.395 e. The lowest BCUT2D eigenvalue weighted by atomic mass is 9.91. The Morgan fingerprint density at radius 1 is 1.62 bits per heavy atom. The van der Waals surface area contributed by atoms with Crippen molar-refractivity contribution >= 4 is 39.8 Å². The summed E-state index contributed by atoms with van der Waals surface area (Å²) in [6.07, 6.45) is 3.35. The number of amides is 1. The number of halogens is 1. The molecule has 0 atom stereocenters. The molecule has 1 aliphatic rings. The molecule has 1 N–H and O–H groups in total. The van der Waals surface area contributed by atoms with Crippen molar-refractivity contribution in [1.29, 1.82) is 0 Å². The first kappa shape index (κ1) is 12.3. The molecule has 0 radical (unpaired) electrons. The van der Waals surface area contributed by atoms with Crippen molar-refractivity contribution in [2.75, 3.05) is 13.2 Å². The van der Waals surface area contributed by atoms with Crippen LogP contribution in [-0.4, -0.2) is 35.1 Å². The number of hydrogen-bond donors (Lipinski definition) is 1. The number of aliphatic hydroxyl groups excluding tert-OH is 1. The lowest BCUT2D eigenvalue weighted by molar-refractivity contribution is 0.0526. The smallest absolute Gasteiger partial charge is 0.255 e. The molecule has 1 aromatic rings. The highest BCUT2D eigenvalue weighted by molar-refractivity contribution is 14.1. The van der Waals surface area contributed by atoms with E-state index in [4.69, 9.17) is 5.11 Å². The van der Waals surface area contributed by atoms with Crippen molar-refractivity contribution in [2.24, 2.45) is 0 Å². The second-order valence-corrected chi connectivity index (χ2v) is 6.75. The summed E-state index contributed by atoms with van der Waals surface area (Å²) in [6, 6.07) is 2.26. The molecule has 16 heavy (non-hydrogen) atoms. The molecule has 1 saturated carbocycles. The normalized spacial score (nSPS) is 15.9. The summed E-state index contributed by atoms with van der Waals surface area (Å²) in [5.74, 6) is 0.0675. The Kier molecular flexibility index (Phi) is 4.21. The highest BCUT2D eigenvalue weighted by Gasteiger charge is 2.29. The van der Waals surface area contributed by atoms with Crippen molar-refractivity contribution in [3.63, 3.8) is 0 Å². The van der Waals surface area contributed by atoms with Crippen LogP contribution < -0.4 is 0 Å². The number of nitrogens with zero attached hydrogens (tertiary/aromatic N) is 1. The van der Waals surface area contributed by atoms with Crippen LogP contribution in [0.4, 0.5) is 0 Å². The molecule has 0 spiro atoms. The van der Waals surface area contributed by atoms with Crippen LogP contribution in [0.1, 0.15) is 29.6 Å². The number of thiophene rings is 1. The fourth-order valence-electron chi connectivity index (χ4n) is 1.84. The van der Waals surface area contributed by atoms with Gasteiger partial charge in [-0.3, -0.25) is 4.79 Å². The first-order valence-electron chi connectivity index (χ1n) is 5.38. The summed E-state index contributed by atoms with van der Waals surface area (Å²) in [5, 5.41) is 10.9. The Labute approximate surface area is 113 Å². The molecule has 1 aliphatic carbocycles. The zero-order valence-electron chi connectivity index (χ0n) is 8.86. The van der Waals surface area contributed by atoms with Crippen molar-refractivity contribution in [3.8, 4) is 0 Å². The lowest BCUT2D eigenvalue weighted by Crippen LogP contribution is -2.45. The molecule has 0 bridgehead atoms. The number of carbonyl (C=O) groups is 1. The summed E-state index contributed by atoms with van der Waals surface area (Å²) < 4.78 is 1.12. The van der Waals surface area contributed by atoms with Gasteiger partial charge < -0.3 is 10.0 Å². The molecule has 1 amide bonds. The fourth-order valence-corrected chi connectivity index (χ4v) is 3.16. The molecule has 3 nitrogen and oxygen atoms in total. The van der Waals surface area contributed by atoms with E-state index in [0.717, 1.165) is 21.3 Å². The third-order valence-electron chi connectivity index (χ3n) is 2.93. The minimum Gasteiger partial charge on any atom is -0.395 e. The van der Waals surface area contributed by atoms with Crippen LogP contribution in [0, 0.1) is 2.88 Å². The van der Waals surface area contributed by atoms with Crippen LogP contribution in [-0.2, 0) is 0 Å². The highest BCUT2D eigenvalue weighted by Crippen LogP contribution is 2.27. The van der Waals surface area contributed by atoms with Gasteiger partial charge in [-0.2, -0.15) is 0 Å². The summed E-state index contributed by atoms with van der Waals surface area (Å²) in [5.41, 5.74) is 0.759. The number of aliphatic hydroxyl groups is 1. The Balaban J connectivity index is 2.09. The molecule has 0 saturated heterocycles. The molecule has 0 unspecified atom stereocenters. The zero-order chi connectivity index (χ0) is 11.5. The van der Waals surface area contributed by atoms with Gasteiger partial charge in [0.15, 0.2) is 0 Å². The van der Waals surface area contributed by atoms with Crippen LogP contribution in [0.25, 0.3) is 0 Å². The summed E-state index contributed by atoms with van der Waals surface area (Å²) in [6.45, 7) is 0.499. The summed E-state index contributed by atoms with van der Waals surface area (Å²) in [4.78, 5) is 14.0. The first-order chi connectivity index (χ1) is 7.72. The van der Waals surface area contributed by atoms with Gasteiger partial charge in [-0.25, -0.2) is 0 Å². The Hall–Kier alpha value is -0.140. The van der Waals surface area contributed by atoms with Gasteiger partial charge in [0.2, 0.25) is 0 Å². The van der Waals surface area contributed by atoms with E-state index in [1.54, 1.807) is 11.3 Å². The maximum atomic E-state index is 12.2. The van der Waals surface area contributed by atoms with E-state index in [1.165, 1.54) is 6.42 Å². The quantitative estimate of drug-likeness (QED) is 0.846. The van der Waals surface area contributed by atoms with Gasteiger partial charge in [-0.05, 0) is 47.9 Å². The van der Waals surface area contributed by atoms with Gasteiger partial charge in [-0.1, -0.05) is 0 Å². The van der Waals surface area contributed by atoms with E-state index < -0.39 is 0 Å². The molecule has 1 aromatic heterocycles. The van der Waals surface area contributed by atoms with Gasteiger partial charge in [0.1, 0.15) is 0 Å². The molecule has 5 heteroatoms. The van der Waals surface area contributed by atoms with Crippen molar-refractivity contribution in [1.82, 2.24) is 4.90 Å². The number of rotatable bonds is 4. The van der Waals surface area contributed by atoms with Gasteiger partial charge in [0.25, 0.3) is 5.91 Å². The number of carbonyl (C=O) groups excluding carboxylic acids is 1. The molecule has 1 fully saturated rings. The van der Waals surface area contributed by atoms with Crippen molar-refractivity contribution in [3.05, 3.63) is 19.9 Å². The molecule has 88 valence electrons. The fraction of sp³-hybridized carbons (Fsp3) is 0.545. The van der Waals surface area contributed by atoms with Crippen LogP contribution in [0.5, 0.6) is 0 Å². The Bertz CT molecular complexity index is 376. The van der Waals surface area contributed by atoms with E-state index >= 15 is 0 Å². The summed E-state index contributed by atoms with van der Waals surface area (Å²) >= 11 is 3.80. The molecule has 0 aliphatic heterocycles. The van der Waals surface area contributed by atoms with Gasteiger partial charge in [0, 0.05) is 18.0 Å². The first-order valence-corrected chi connectivity index (χ1v) is 7.34. The standard InChI is InChI=1S/C11H14INO2S/c12-10-6-8(7-16-10)11(15)13(4-5-14)9-2-1-3-9/h6-7,9,14H,1-5H2. The van der Waals surface area contributed by atoms with Crippen molar-refractivity contribution < 1.29 is 9.90 Å². The molecule has 0 aromatic carbocycles. The van der Waals surface area contributed by atoms with E-state index in [0.29, 0.717) is 12.6 Å². The third-order valence-corrected chi connectivity index (χ3v) is 4.72. The van der Waals surface area contributed by atoms with Crippen LogP contribution in [0.3, 0.4) is 0 Å². The Morgan fingerprint density at radius 3 is 2.81 bits per heavy atom. The van der Waals surface area contributed by atoms with E-state index in [2.05, 4.69) is 22.6 Å².